The maximum absolute atomic E-state index is 12.8. The second-order valence-corrected chi connectivity index (χ2v) is 7.52. The lowest BCUT2D eigenvalue weighted by Gasteiger charge is -2.26. The Bertz CT molecular complexity index is 908. The van der Waals surface area contributed by atoms with Crippen LogP contribution in [0.5, 0.6) is 23.0 Å². The summed E-state index contributed by atoms with van der Waals surface area (Å²) in [6.45, 7) is 0. The first kappa shape index (κ1) is 19.8. The molecule has 9 heteroatoms. The van der Waals surface area contributed by atoms with Crippen molar-refractivity contribution in [3.05, 3.63) is 35.9 Å². The molecule has 1 fully saturated rings. The molecule has 0 saturated carbocycles. The molecule has 3 rings (SSSR count). The van der Waals surface area contributed by atoms with Gasteiger partial charge in [-0.15, -0.1) is 0 Å². The predicted octanol–water partition coefficient (Wildman–Crippen LogP) is 2.10. The smallest absolute Gasteiger partial charge is 0.241 e. The summed E-state index contributed by atoms with van der Waals surface area (Å²) in [4.78, 5) is 14.2. The zero-order valence-electron chi connectivity index (χ0n) is 16.1. The molecule has 1 saturated heterocycles. The monoisotopic (exact) mass is 406 g/mol. The SMILES string of the molecule is COc1ccc(C2N(c3cc(OC)c(OC)c(OC)c3)C(=O)CS2=O)cc1N. The van der Waals surface area contributed by atoms with E-state index in [0.717, 1.165) is 0 Å². The Balaban J connectivity index is 2.12. The number of ether oxygens (including phenoxy) is 4. The van der Waals surface area contributed by atoms with E-state index in [4.69, 9.17) is 24.7 Å². The van der Waals surface area contributed by atoms with Gasteiger partial charge in [0.25, 0.3) is 0 Å². The Kier molecular flexibility index (Phi) is 5.64. The average Bonchev–Trinajstić information content (AvgIpc) is 3.00. The standard InChI is InChI=1S/C19H22N2O6S/c1-24-14-6-5-11(7-13(14)20)19-21(17(22)10-28(19)23)12-8-15(25-2)18(27-4)16(9-12)26-3/h5-9,19H,10,20H2,1-4H3. The first-order valence-corrected chi connectivity index (χ1v) is 9.76. The van der Waals surface area contributed by atoms with Gasteiger partial charge in [0.15, 0.2) is 11.5 Å². The fourth-order valence-electron chi connectivity index (χ4n) is 3.21. The first-order chi connectivity index (χ1) is 13.4. The van der Waals surface area contributed by atoms with Crippen LogP contribution in [0.25, 0.3) is 0 Å². The van der Waals surface area contributed by atoms with Crippen molar-refractivity contribution in [2.75, 3.05) is 44.8 Å². The number of nitrogens with two attached hydrogens (primary N) is 1. The van der Waals surface area contributed by atoms with Gasteiger partial charge in [-0.05, 0) is 17.7 Å². The minimum absolute atomic E-state index is 0.0900. The van der Waals surface area contributed by atoms with Crippen molar-refractivity contribution in [3.8, 4) is 23.0 Å². The number of methoxy groups -OCH3 is 4. The molecule has 2 unspecified atom stereocenters. The molecular weight excluding hydrogens is 384 g/mol. The van der Waals surface area contributed by atoms with Gasteiger partial charge in [0.1, 0.15) is 16.9 Å². The summed E-state index contributed by atoms with van der Waals surface area (Å²) in [7, 11) is 4.56. The molecule has 8 nitrogen and oxygen atoms in total. The number of carbonyl (C=O) groups is 1. The highest BCUT2D eigenvalue weighted by Gasteiger charge is 2.40. The van der Waals surface area contributed by atoms with E-state index in [2.05, 4.69) is 0 Å². The van der Waals surface area contributed by atoms with Crippen LogP contribution in [0.2, 0.25) is 0 Å². The summed E-state index contributed by atoms with van der Waals surface area (Å²) in [6, 6.07) is 8.42. The van der Waals surface area contributed by atoms with E-state index in [1.54, 1.807) is 30.3 Å². The lowest BCUT2D eigenvalue weighted by molar-refractivity contribution is -0.115. The van der Waals surface area contributed by atoms with Gasteiger partial charge in [0.2, 0.25) is 11.7 Å². The molecule has 0 radical (unpaired) electrons. The number of amides is 1. The number of rotatable bonds is 6. The third kappa shape index (κ3) is 3.33. The molecule has 28 heavy (non-hydrogen) atoms. The summed E-state index contributed by atoms with van der Waals surface area (Å²) in [5.41, 5.74) is 7.55. The quantitative estimate of drug-likeness (QED) is 0.733. The van der Waals surface area contributed by atoms with Crippen LogP contribution in [0.1, 0.15) is 10.9 Å². The van der Waals surface area contributed by atoms with Crippen molar-refractivity contribution in [1.29, 1.82) is 0 Å². The third-order valence-corrected chi connectivity index (χ3v) is 6.00. The van der Waals surface area contributed by atoms with E-state index in [-0.39, 0.29) is 11.7 Å². The van der Waals surface area contributed by atoms with Crippen molar-refractivity contribution in [2.45, 2.75) is 5.37 Å². The number of hydrogen-bond acceptors (Lipinski definition) is 7. The van der Waals surface area contributed by atoms with Gasteiger partial charge < -0.3 is 24.7 Å². The van der Waals surface area contributed by atoms with Crippen molar-refractivity contribution in [2.24, 2.45) is 0 Å². The molecule has 1 aliphatic heterocycles. The molecule has 2 aromatic rings. The van der Waals surface area contributed by atoms with Crippen LogP contribution in [0, 0.1) is 0 Å². The van der Waals surface area contributed by atoms with Gasteiger partial charge >= 0.3 is 0 Å². The Morgan fingerprint density at radius 1 is 0.964 bits per heavy atom. The Labute approximate surface area is 165 Å². The third-order valence-electron chi connectivity index (χ3n) is 4.48. The highest BCUT2D eigenvalue weighted by molar-refractivity contribution is 7.86. The van der Waals surface area contributed by atoms with Crippen molar-refractivity contribution in [3.63, 3.8) is 0 Å². The van der Waals surface area contributed by atoms with E-state index in [1.165, 1.54) is 33.3 Å². The van der Waals surface area contributed by atoms with Crippen LogP contribution in [0.4, 0.5) is 11.4 Å². The second kappa shape index (κ2) is 7.97. The lowest BCUT2D eigenvalue weighted by atomic mass is 10.1. The summed E-state index contributed by atoms with van der Waals surface area (Å²) in [6.07, 6.45) is 0. The van der Waals surface area contributed by atoms with Crippen LogP contribution in [0.15, 0.2) is 30.3 Å². The minimum atomic E-state index is -1.45. The number of nitrogen functional groups attached to an aromatic ring is 1. The van der Waals surface area contributed by atoms with E-state index < -0.39 is 16.2 Å². The maximum atomic E-state index is 12.8. The van der Waals surface area contributed by atoms with Gasteiger partial charge in [-0.1, -0.05) is 6.07 Å². The average molecular weight is 406 g/mol. The molecule has 2 N–H and O–H groups in total. The fourth-order valence-corrected chi connectivity index (χ4v) is 4.68. The summed E-state index contributed by atoms with van der Waals surface area (Å²) >= 11 is 0. The molecule has 1 aliphatic rings. The fraction of sp³-hybridized carbons (Fsp3) is 0.316. The molecule has 0 aliphatic carbocycles. The van der Waals surface area contributed by atoms with Crippen molar-refractivity contribution < 1.29 is 28.0 Å². The van der Waals surface area contributed by atoms with Crippen LogP contribution in [-0.4, -0.2) is 44.3 Å². The highest BCUT2D eigenvalue weighted by atomic mass is 32.2. The molecule has 2 aromatic carbocycles. The maximum Gasteiger partial charge on any atom is 0.241 e. The molecule has 0 bridgehead atoms. The lowest BCUT2D eigenvalue weighted by Crippen LogP contribution is -2.28. The second-order valence-electron chi connectivity index (χ2n) is 6.03. The number of hydrogen-bond donors (Lipinski definition) is 1. The van der Waals surface area contributed by atoms with E-state index >= 15 is 0 Å². The number of anilines is 2. The predicted molar refractivity (Wildman–Crippen MR) is 107 cm³/mol. The number of carbonyl (C=O) groups excluding carboxylic acids is 1. The normalized spacial score (nSPS) is 18.9. The largest absolute Gasteiger partial charge is 0.495 e. The van der Waals surface area contributed by atoms with Crippen molar-refractivity contribution >= 4 is 28.1 Å². The van der Waals surface area contributed by atoms with Gasteiger partial charge in [-0.3, -0.25) is 13.9 Å². The van der Waals surface area contributed by atoms with Gasteiger partial charge in [-0.2, -0.15) is 0 Å². The van der Waals surface area contributed by atoms with E-state index in [1.807, 2.05) is 0 Å². The molecule has 2 atom stereocenters. The minimum Gasteiger partial charge on any atom is -0.495 e. The van der Waals surface area contributed by atoms with Crippen molar-refractivity contribution in [1.82, 2.24) is 0 Å². The Hall–Kier alpha value is -2.94. The van der Waals surface area contributed by atoms with Crippen LogP contribution >= 0.6 is 0 Å². The number of nitrogens with zero attached hydrogens (tertiary/aromatic N) is 1. The van der Waals surface area contributed by atoms with Gasteiger partial charge in [0, 0.05) is 12.1 Å². The molecule has 1 amide bonds. The molecule has 150 valence electrons. The zero-order chi connectivity index (χ0) is 20.4. The van der Waals surface area contributed by atoms with Crippen LogP contribution < -0.4 is 29.6 Å². The number of benzene rings is 2. The summed E-state index contributed by atoms with van der Waals surface area (Å²) in [5, 5.41) is -0.691. The first-order valence-electron chi connectivity index (χ1n) is 8.37. The zero-order valence-corrected chi connectivity index (χ0v) is 16.9. The van der Waals surface area contributed by atoms with E-state index in [9.17, 15) is 9.00 Å². The van der Waals surface area contributed by atoms with Gasteiger partial charge in [0.05, 0.1) is 50.6 Å². The molecular formula is C19H22N2O6S. The van der Waals surface area contributed by atoms with Crippen LogP contribution in [0.3, 0.4) is 0 Å². The van der Waals surface area contributed by atoms with Crippen LogP contribution in [-0.2, 0) is 15.6 Å². The molecule has 1 heterocycles. The topological polar surface area (TPSA) is 100 Å². The van der Waals surface area contributed by atoms with Gasteiger partial charge in [-0.25, -0.2) is 0 Å². The van der Waals surface area contributed by atoms with E-state index in [0.29, 0.717) is 39.9 Å². The Morgan fingerprint density at radius 2 is 1.57 bits per heavy atom. The summed E-state index contributed by atoms with van der Waals surface area (Å²) in [5.74, 6) is 1.36. The molecule has 0 spiro atoms. The summed E-state index contributed by atoms with van der Waals surface area (Å²) < 4.78 is 34.0. The molecule has 0 aromatic heterocycles. The Morgan fingerprint density at radius 3 is 2.07 bits per heavy atom. The highest BCUT2D eigenvalue weighted by Crippen LogP contribution is 2.45.